The van der Waals surface area contributed by atoms with Crippen molar-refractivity contribution in [3.63, 3.8) is 0 Å². The number of esters is 2. The van der Waals surface area contributed by atoms with Crippen LogP contribution in [0.15, 0.2) is 30.3 Å². The van der Waals surface area contributed by atoms with Crippen LogP contribution in [0, 0.1) is 0 Å². The molecule has 0 atom stereocenters. The van der Waals surface area contributed by atoms with Crippen molar-refractivity contribution in [1.29, 1.82) is 0 Å². The molecule has 1 heterocycles. The number of carbonyl (C=O) groups is 2. The number of carbonyl (C=O) groups excluding carboxylic acids is 2. The molecule has 1 aromatic carbocycles. The second kappa shape index (κ2) is 6.30. The van der Waals surface area contributed by atoms with Crippen molar-refractivity contribution in [2.75, 3.05) is 0 Å². The molecule has 0 spiro atoms. The van der Waals surface area contributed by atoms with Gasteiger partial charge in [0.15, 0.2) is 0 Å². The quantitative estimate of drug-likeness (QED) is 0.799. The van der Waals surface area contributed by atoms with E-state index in [2.05, 4.69) is 0 Å². The van der Waals surface area contributed by atoms with Crippen molar-refractivity contribution in [3.8, 4) is 0 Å². The Morgan fingerprint density at radius 3 is 2.12 bits per heavy atom. The van der Waals surface area contributed by atoms with Crippen LogP contribution in [0.1, 0.15) is 52.0 Å². The number of ether oxygens (including phenoxy) is 2. The standard InChI is InChI=1S/C19H25NO4/c1-18(2,3)23-16(21)12-20-14-10-8-7-9-13(14)11-15(20)17(22)24-19(4,5)6/h7-11H,12H2,1-6H3. The molecule has 2 rings (SSSR count). The Bertz CT molecular complexity index is 760. The van der Waals surface area contributed by atoms with Gasteiger partial charge >= 0.3 is 11.9 Å². The summed E-state index contributed by atoms with van der Waals surface area (Å²) in [5.74, 6) is -0.851. The summed E-state index contributed by atoms with van der Waals surface area (Å²) in [6, 6.07) is 9.27. The van der Waals surface area contributed by atoms with E-state index in [-0.39, 0.29) is 6.54 Å². The predicted molar refractivity (Wildman–Crippen MR) is 93.0 cm³/mol. The Kier molecular flexibility index (Phi) is 4.74. The third kappa shape index (κ3) is 4.60. The normalized spacial score (nSPS) is 12.2. The summed E-state index contributed by atoms with van der Waals surface area (Å²) in [6.45, 7) is 10.8. The largest absolute Gasteiger partial charge is 0.459 e. The molecule has 0 aliphatic heterocycles. The van der Waals surface area contributed by atoms with Gasteiger partial charge in [0, 0.05) is 10.9 Å². The molecule has 0 bridgehead atoms. The lowest BCUT2D eigenvalue weighted by atomic mass is 10.2. The molecule has 5 nitrogen and oxygen atoms in total. The SMILES string of the molecule is CC(C)(C)OC(=O)Cn1c(C(=O)OC(C)(C)C)cc2ccccc21. The Morgan fingerprint density at radius 2 is 1.54 bits per heavy atom. The fourth-order valence-corrected chi connectivity index (χ4v) is 2.38. The summed E-state index contributed by atoms with van der Waals surface area (Å²) in [4.78, 5) is 24.8. The molecule has 0 amide bonds. The Hall–Kier alpha value is -2.30. The molecule has 0 saturated heterocycles. The molecule has 5 heteroatoms. The maximum absolute atomic E-state index is 12.5. The minimum absolute atomic E-state index is 0.0423. The molecule has 130 valence electrons. The van der Waals surface area contributed by atoms with Gasteiger partial charge in [0.05, 0.1) is 0 Å². The second-order valence-electron chi connectivity index (χ2n) is 7.76. The topological polar surface area (TPSA) is 57.5 Å². The summed E-state index contributed by atoms with van der Waals surface area (Å²) in [5.41, 5.74) is -0.0441. The highest BCUT2D eigenvalue weighted by atomic mass is 16.6. The zero-order chi connectivity index (χ0) is 18.1. The summed E-state index contributed by atoms with van der Waals surface area (Å²) in [6.07, 6.45) is 0. The number of benzene rings is 1. The van der Waals surface area contributed by atoms with Crippen LogP contribution in [-0.4, -0.2) is 27.7 Å². The van der Waals surface area contributed by atoms with Crippen molar-refractivity contribution >= 4 is 22.8 Å². The number of hydrogen-bond acceptors (Lipinski definition) is 4. The van der Waals surface area contributed by atoms with Gasteiger partial charge in [-0.25, -0.2) is 4.79 Å². The highest BCUT2D eigenvalue weighted by Crippen LogP contribution is 2.23. The minimum Gasteiger partial charge on any atom is -0.459 e. The fraction of sp³-hybridized carbons (Fsp3) is 0.474. The predicted octanol–water partition coefficient (Wildman–Crippen LogP) is 3.94. The molecule has 0 saturated carbocycles. The van der Waals surface area contributed by atoms with Gasteiger partial charge in [-0.3, -0.25) is 4.79 Å². The zero-order valence-corrected chi connectivity index (χ0v) is 15.2. The van der Waals surface area contributed by atoms with Crippen LogP contribution < -0.4 is 0 Å². The number of aromatic nitrogens is 1. The monoisotopic (exact) mass is 331 g/mol. The van der Waals surface area contributed by atoms with E-state index < -0.39 is 23.1 Å². The van der Waals surface area contributed by atoms with Crippen molar-refractivity contribution in [1.82, 2.24) is 4.57 Å². The molecule has 1 aromatic heterocycles. The number of nitrogens with zero attached hydrogens (tertiary/aromatic N) is 1. The van der Waals surface area contributed by atoms with Crippen molar-refractivity contribution in [2.45, 2.75) is 59.3 Å². The maximum Gasteiger partial charge on any atom is 0.355 e. The zero-order valence-electron chi connectivity index (χ0n) is 15.2. The molecule has 0 radical (unpaired) electrons. The molecule has 2 aromatic rings. The third-order valence-electron chi connectivity index (χ3n) is 3.13. The lowest BCUT2D eigenvalue weighted by molar-refractivity contribution is -0.155. The van der Waals surface area contributed by atoms with Gasteiger partial charge in [0.25, 0.3) is 0 Å². The first-order valence-corrected chi connectivity index (χ1v) is 8.00. The summed E-state index contributed by atoms with van der Waals surface area (Å²) >= 11 is 0. The fourth-order valence-electron chi connectivity index (χ4n) is 2.38. The van der Waals surface area contributed by atoms with Crippen LogP contribution in [-0.2, 0) is 20.8 Å². The van der Waals surface area contributed by atoms with E-state index in [1.165, 1.54) is 0 Å². The average Bonchev–Trinajstić information content (AvgIpc) is 2.74. The second-order valence-corrected chi connectivity index (χ2v) is 7.76. The number of hydrogen-bond donors (Lipinski definition) is 0. The number of fused-ring (bicyclic) bond motifs is 1. The lowest BCUT2D eigenvalue weighted by Gasteiger charge is -2.22. The average molecular weight is 331 g/mol. The Balaban J connectivity index is 2.40. The van der Waals surface area contributed by atoms with Gasteiger partial charge in [-0.2, -0.15) is 0 Å². The summed E-state index contributed by atoms with van der Waals surface area (Å²) < 4.78 is 12.5. The molecule has 0 unspecified atom stereocenters. The highest BCUT2D eigenvalue weighted by molar-refractivity contribution is 5.96. The highest BCUT2D eigenvalue weighted by Gasteiger charge is 2.24. The van der Waals surface area contributed by atoms with Gasteiger partial charge in [0.1, 0.15) is 23.4 Å². The van der Waals surface area contributed by atoms with Gasteiger partial charge in [-0.1, -0.05) is 18.2 Å². The van der Waals surface area contributed by atoms with E-state index in [1.54, 1.807) is 10.6 Å². The first kappa shape index (κ1) is 18.0. The lowest BCUT2D eigenvalue weighted by Crippen LogP contribution is -2.29. The molecular formula is C19H25NO4. The molecule has 0 fully saturated rings. The van der Waals surface area contributed by atoms with Gasteiger partial charge in [0.2, 0.25) is 0 Å². The molecule has 0 N–H and O–H groups in total. The molecule has 0 aliphatic rings. The van der Waals surface area contributed by atoms with Crippen LogP contribution in [0.25, 0.3) is 10.9 Å². The first-order chi connectivity index (χ1) is 11.0. The van der Waals surface area contributed by atoms with E-state index in [4.69, 9.17) is 9.47 Å². The van der Waals surface area contributed by atoms with Crippen molar-refractivity contribution in [2.24, 2.45) is 0 Å². The van der Waals surface area contributed by atoms with Gasteiger partial charge < -0.3 is 14.0 Å². The van der Waals surface area contributed by atoms with Crippen LogP contribution in [0.4, 0.5) is 0 Å². The van der Waals surface area contributed by atoms with Crippen LogP contribution in [0.3, 0.4) is 0 Å². The van der Waals surface area contributed by atoms with Gasteiger partial charge in [-0.15, -0.1) is 0 Å². The smallest absolute Gasteiger partial charge is 0.355 e. The molecular weight excluding hydrogens is 306 g/mol. The maximum atomic E-state index is 12.5. The van der Waals surface area contributed by atoms with Crippen molar-refractivity contribution in [3.05, 3.63) is 36.0 Å². The number of para-hydroxylation sites is 1. The summed E-state index contributed by atoms with van der Waals surface area (Å²) in [7, 11) is 0. The van der Waals surface area contributed by atoms with E-state index in [9.17, 15) is 9.59 Å². The van der Waals surface area contributed by atoms with Crippen LogP contribution >= 0.6 is 0 Å². The minimum atomic E-state index is -0.607. The Morgan fingerprint density at radius 1 is 0.958 bits per heavy atom. The van der Waals surface area contributed by atoms with E-state index in [0.29, 0.717) is 5.69 Å². The van der Waals surface area contributed by atoms with E-state index in [1.807, 2.05) is 65.8 Å². The van der Waals surface area contributed by atoms with Gasteiger partial charge in [-0.05, 0) is 53.7 Å². The molecule has 0 aliphatic carbocycles. The van der Waals surface area contributed by atoms with Crippen LogP contribution in [0.2, 0.25) is 0 Å². The van der Waals surface area contributed by atoms with Crippen molar-refractivity contribution < 1.29 is 19.1 Å². The van der Waals surface area contributed by atoms with E-state index >= 15 is 0 Å². The van der Waals surface area contributed by atoms with Crippen LogP contribution in [0.5, 0.6) is 0 Å². The number of rotatable bonds is 3. The third-order valence-corrected chi connectivity index (χ3v) is 3.13. The Labute approximate surface area is 142 Å². The first-order valence-electron chi connectivity index (χ1n) is 8.00. The summed E-state index contributed by atoms with van der Waals surface area (Å²) in [5, 5.41) is 0.877. The van der Waals surface area contributed by atoms with E-state index in [0.717, 1.165) is 10.9 Å². The molecule has 24 heavy (non-hydrogen) atoms.